The zero-order valence-electron chi connectivity index (χ0n) is 10.2. The standard InChI is InChI=1S/C14H9ClFN3O/c15-9-1-4-13(18)11(6-9)14(20)19-10-2-3-12(16)8(5-10)7-17/h1-6H,18H2,(H,19,20). The number of anilines is 2. The molecule has 0 heterocycles. The molecule has 0 fully saturated rings. The van der Waals surface area contributed by atoms with E-state index in [9.17, 15) is 9.18 Å². The van der Waals surface area contributed by atoms with Crippen LogP contribution in [0.25, 0.3) is 0 Å². The second kappa shape index (κ2) is 5.59. The fourth-order valence-corrected chi connectivity index (χ4v) is 1.78. The van der Waals surface area contributed by atoms with Gasteiger partial charge in [0.05, 0.1) is 11.1 Å². The molecule has 20 heavy (non-hydrogen) atoms. The number of nitriles is 1. The van der Waals surface area contributed by atoms with E-state index in [1.165, 1.54) is 24.3 Å². The zero-order valence-corrected chi connectivity index (χ0v) is 10.9. The fourth-order valence-electron chi connectivity index (χ4n) is 1.61. The van der Waals surface area contributed by atoms with Gasteiger partial charge in [0.1, 0.15) is 11.9 Å². The summed E-state index contributed by atoms with van der Waals surface area (Å²) < 4.78 is 13.2. The van der Waals surface area contributed by atoms with Crippen LogP contribution in [0.5, 0.6) is 0 Å². The predicted octanol–water partition coefficient (Wildman–Crippen LogP) is 3.19. The lowest BCUT2D eigenvalue weighted by Crippen LogP contribution is -2.14. The molecule has 2 rings (SSSR count). The van der Waals surface area contributed by atoms with Crippen LogP contribution >= 0.6 is 11.6 Å². The summed E-state index contributed by atoms with van der Waals surface area (Å²) in [4.78, 5) is 12.0. The summed E-state index contributed by atoms with van der Waals surface area (Å²) >= 11 is 5.80. The molecule has 2 aromatic rings. The van der Waals surface area contributed by atoms with E-state index in [-0.39, 0.29) is 16.8 Å². The number of halogens is 2. The first-order valence-corrected chi connectivity index (χ1v) is 5.95. The van der Waals surface area contributed by atoms with E-state index in [1.54, 1.807) is 12.1 Å². The molecule has 0 aliphatic heterocycles. The van der Waals surface area contributed by atoms with Crippen molar-refractivity contribution in [1.29, 1.82) is 5.26 Å². The van der Waals surface area contributed by atoms with Gasteiger partial charge in [0.25, 0.3) is 5.91 Å². The van der Waals surface area contributed by atoms with E-state index < -0.39 is 11.7 Å². The van der Waals surface area contributed by atoms with Gasteiger partial charge in [0.15, 0.2) is 0 Å². The summed E-state index contributed by atoms with van der Waals surface area (Å²) in [6.07, 6.45) is 0. The van der Waals surface area contributed by atoms with Gasteiger partial charge in [-0.25, -0.2) is 4.39 Å². The summed E-state index contributed by atoms with van der Waals surface area (Å²) in [5, 5.41) is 11.6. The van der Waals surface area contributed by atoms with Crippen LogP contribution in [-0.2, 0) is 0 Å². The van der Waals surface area contributed by atoms with Crippen molar-refractivity contribution in [2.24, 2.45) is 0 Å². The van der Waals surface area contributed by atoms with Crippen LogP contribution in [0.3, 0.4) is 0 Å². The van der Waals surface area contributed by atoms with Gasteiger partial charge in [-0.1, -0.05) is 11.6 Å². The molecule has 2 aromatic carbocycles. The molecule has 1 amide bonds. The average Bonchev–Trinajstić information content (AvgIpc) is 2.43. The number of nitrogens with zero attached hydrogens (tertiary/aromatic N) is 1. The average molecular weight is 290 g/mol. The Morgan fingerprint density at radius 1 is 1.30 bits per heavy atom. The van der Waals surface area contributed by atoms with Gasteiger partial charge in [-0.3, -0.25) is 4.79 Å². The van der Waals surface area contributed by atoms with Crippen molar-refractivity contribution in [3.8, 4) is 6.07 Å². The van der Waals surface area contributed by atoms with E-state index in [1.807, 2.05) is 0 Å². The maximum atomic E-state index is 13.2. The maximum Gasteiger partial charge on any atom is 0.257 e. The first-order valence-electron chi connectivity index (χ1n) is 5.57. The minimum atomic E-state index is -0.646. The van der Waals surface area contributed by atoms with Gasteiger partial charge in [0, 0.05) is 16.4 Å². The molecule has 4 nitrogen and oxygen atoms in total. The first kappa shape index (κ1) is 13.8. The molecule has 0 saturated carbocycles. The monoisotopic (exact) mass is 289 g/mol. The second-order valence-corrected chi connectivity index (χ2v) is 4.43. The third kappa shape index (κ3) is 2.87. The topological polar surface area (TPSA) is 78.9 Å². The number of nitrogen functional groups attached to an aromatic ring is 1. The van der Waals surface area contributed by atoms with E-state index in [0.29, 0.717) is 10.7 Å². The Morgan fingerprint density at radius 3 is 2.75 bits per heavy atom. The normalized spacial score (nSPS) is 9.85. The Hall–Kier alpha value is -2.58. The Bertz CT molecular complexity index is 725. The molecule has 0 radical (unpaired) electrons. The Labute approximate surface area is 119 Å². The van der Waals surface area contributed by atoms with Gasteiger partial charge in [-0.2, -0.15) is 5.26 Å². The van der Waals surface area contributed by atoms with E-state index >= 15 is 0 Å². The van der Waals surface area contributed by atoms with E-state index in [0.717, 1.165) is 6.07 Å². The van der Waals surface area contributed by atoms with Crippen molar-refractivity contribution < 1.29 is 9.18 Å². The number of hydrogen-bond acceptors (Lipinski definition) is 3. The number of carbonyl (C=O) groups is 1. The van der Waals surface area contributed by atoms with Crippen LogP contribution < -0.4 is 11.1 Å². The van der Waals surface area contributed by atoms with Gasteiger partial charge < -0.3 is 11.1 Å². The molecule has 0 unspecified atom stereocenters. The van der Waals surface area contributed by atoms with Crippen LogP contribution in [0.4, 0.5) is 15.8 Å². The number of carbonyl (C=O) groups excluding carboxylic acids is 1. The zero-order chi connectivity index (χ0) is 14.7. The van der Waals surface area contributed by atoms with Crippen molar-refractivity contribution in [2.75, 3.05) is 11.1 Å². The summed E-state index contributed by atoms with van der Waals surface area (Å²) in [5.41, 5.74) is 6.32. The first-order chi connectivity index (χ1) is 9.51. The van der Waals surface area contributed by atoms with Gasteiger partial charge in [-0.15, -0.1) is 0 Å². The third-order valence-corrected chi connectivity index (χ3v) is 2.84. The number of nitrogens with one attached hydrogen (secondary N) is 1. The Kier molecular flexibility index (Phi) is 3.87. The lowest BCUT2D eigenvalue weighted by Gasteiger charge is -2.08. The SMILES string of the molecule is N#Cc1cc(NC(=O)c2cc(Cl)ccc2N)ccc1F. The second-order valence-electron chi connectivity index (χ2n) is 3.99. The van der Waals surface area contributed by atoms with Crippen LogP contribution in [0.15, 0.2) is 36.4 Å². The van der Waals surface area contributed by atoms with Gasteiger partial charge in [0.2, 0.25) is 0 Å². The number of hydrogen-bond donors (Lipinski definition) is 2. The summed E-state index contributed by atoms with van der Waals surface area (Å²) in [6.45, 7) is 0. The maximum absolute atomic E-state index is 13.2. The third-order valence-electron chi connectivity index (χ3n) is 2.60. The molecule has 0 aliphatic carbocycles. The molecule has 100 valence electrons. The Balaban J connectivity index is 2.28. The van der Waals surface area contributed by atoms with Crippen LogP contribution in [0.2, 0.25) is 5.02 Å². The molecule has 0 spiro atoms. The number of amides is 1. The summed E-state index contributed by atoms with van der Waals surface area (Å²) in [7, 11) is 0. The minimum absolute atomic E-state index is 0.151. The van der Waals surface area contributed by atoms with Crippen molar-refractivity contribution in [1.82, 2.24) is 0 Å². The molecule has 3 N–H and O–H groups in total. The molecular weight excluding hydrogens is 281 g/mol. The molecule has 0 saturated heterocycles. The number of benzene rings is 2. The summed E-state index contributed by atoms with van der Waals surface area (Å²) in [5.74, 6) is -1.13. The molecule has 0 aromatic heterocycles. The van der Waals surface area contributed by atoms with Crippen LogP contribution in [0.1, 0.15) is 15.9 Å². The molecule has 0 atom stereocenters. The summed E-state index contributed by atoms with van der Waals surface area (Å²) in [6, 6.07) is 9.92. The van der Waals surface area contributed by atoms with Gasteiger partial charge in [-0.05, 0) is 36.4 Å². The molecule has 0 aliphatic rings. The van der Waals surface area contributed by atoms with E-state index in [2.05, 4.69) is 5.32 Å². The largest absolute Gasteiger partial charge is 0.398 e. The number of rotatable bonds is 2. The van der Waals surface area contributed by atoms with E-state index in [4.69, 9.17) is 22.6 Å². The van der Waals surface area contributed by atoms with Gasteiger partial charge >= 0.3 is 0 Å². The lowest BCUT2D eigenvalue weighted by atomic mass is 10.1. The van der Waals surface area contributed by atoms with Crippen LogP contribution in [0, 0.1) is 17.1 Å². The highest BCUT2D eigenvalue weighted by Gasteiger charge is 2.12. The lowest BCUT2D eigenvalue weighted by molar-refractivity contribution is 0.102. The number of nitrogens with two attached hydrogens (primary N) is 1. The highest BCUT2D eigenvalue weighted by atomic mass is 35.5. The van der Waals surface area contributed by atoms with Crippen molar-refractivity contribution >= 4 is 28.9 Å². The molecular formula is C14H9ClFN3O. The highest BCUT2D eigenvalue weighted by Crippen LogP contribution is 2.20. The Morgan fingerprint density at radius 2 is 2.05 bits per heavy atom. The predicted molar refractivity (Wildman–Crippen MR) is 74.9 cm³/mol. The molecule has 0 bridgehead atoms. The van der Waals surface area contributed by atoms with Crippen molar-refractivity contribution in [3.05, 3.63) is 58.4 Å². The van der Waals surface area contributed by atoms with Crippen molar-refractivity contribution in [3.63, 3.8) is 0 Å². The van der Waals surface area contributed by atoms with Crippen LogP contribution in [-0.4, -0.2) is 5.91 Å². The van der Waals surface area contributed by atoms with Crippen molar-refractivity contribution in [2.45, 2.75) is 0 Å². The molecule has 6 heteroatoms. The smallest absolute Gasteiger partial charge is 0.257 e. The minimum Gasteiger partial charge on any atom is -0.398 e. The fraction of sp³-hybridized carbons (Fsp3) is 0. The quantitative estimate of drug-likeness (QED) is 0.833. The highest BCUT2D eigenvalue weighted by molar-refractivity contribution is 6.31.